The first kappa shape index (κ1) is 14.3. The summed E-state index contributed by atoms with van der Waals surface area (Å²) in [7, 11) is 0. The lowest BCUT2D eigenvalue weighted by Crippen LogP contribution is -2.58. The van der Waals surface area contributed by atoms with Crippen molar-refractivity contribution in [3.05, 3.63) is 0 Å². The predicted molar refractivity (Wildman–Crippen MR) is 80.3 cm³/mol. The third-order valence-corrected chi connectivity index (χ3v) is 5.77. The van der Waals surface area contributed by atoms with E-state index in [4.69, 9.17) is 5.73 Å². The first-order valence-electron chi connectivity index (χ1n) is 8.36. The number of hydrogen-bond acceptors (Lipinski definition) is 3. The van der Waals surface area contributed by atoms with E-state index in [1.165, 1.54) is 19.4 Å². The van der Waals surface area contributed by atoms with Crippen LogP contribution in [0.4, 0.5) is 0 Å². The van der Waals surface area contributed by atoms with Crippen LogP contribution in [-0.2, 0) is 4.79 Å². The number of hydrogen-bond donors (Lipinski definition) is 1. The van der Waals surface area contributed by atoms with Crippen molar-refractivity contribution in [2.24, 2.45) is 17.6 Å². The Morgan fingerprint density at radius 2 is 1.95 bits per heavy atom. The maximum atomic E-state index is 13.0. The normalized spacial score (nSPS) is 42.5. The predicted octanol–water partition coefficient (Wildman–Crippen LogP) is 1.45. The van der Waals surface area contributed by atoms with Crippen molar-refractivity contribution in [3.8, 4) is 0 Å². The van der Waals surface area contributed by atoms with E-state index in [1.807, 2.05) is 0 Å². The van der Waals surface area contributed by atoms with Crippen molar-refractivity contribution in [2.75, 3.05) is 19.6 Å². The van der Waals surface area contributed by atoms with Crippen LogP contribution in [0.1, 0.15) is 46.0 Å². The highest BCUT2D eigenvalue weighted by atomic mass is 16.2. The molecule has 114 valence electrons. The van der Waals surface area contributed by atoms with Crippen molar-refractivity contribution in [1.82, 2.24) is 9.80 Å². The van der Waals surface area contributed by atoms with E-state index >= 15 is 0 Å². The monoisotopic (exact) mass is 279 g/mol. The zero-order chi connectivity index (χ0) is 14.3. The van der Waals surface area contributed by atoms with Crippen LogP contribution in [0.15, 0.2) is 0 Å². The minimum absolute atomic E-state index is 0.161. The van der Waals surface area contributed by atoms with Crippen LogP contribution in [-0.4, -0.2) is 53.5 Å². The topological polar surface area (TPSA) is 49.6 Å². The molecule has 0 radical (unpaired) electrons. The van der Waals surface area contributed by atoms with Gasteiger partial charge in [-0.1, -0.05) is 6.92 Å². The molecule has 3 aliphatic rings. The fraction of sp³-hybridized carbons (Fsp3) is 0.938. The Labute approximate surface area is 122 Å². The van der Waals surface area contributed by atoms with Gasteiger partial charge in [-0.3, -0.25) is 9.69 Å². The molecule has 0 bridgehead atoms. The molecule has 20 heavy (non-hydrogen) atoms. The second-order valence-electron chi connectivity index (χ2n) is 7.29. The van der Waals surface area contributed by atoms with E-state index in [2.05, 4.69) is 23.6 Å². The van der Waals surface area contributed by atoms with Gasteiger partial charge in [-0.2, -0.15) is 0 Å². The Morgan fingerprint density at radius 1 is 1.15 bits per heavy atom. The van der Waals surface area contributed by atoms with Gasteiger partial charge in [0.25, 0.3) is 0 Å². The highest BCUT2D eigenvalue weighted by Crippen LogP contribution is 2.33. The van der Waals surface area contributed by atoms with Gasteiger partial charge in [0.05, 0.1) is 0 Å². The average molecular weight is 279 g/mol. The second-order valence-corrected chi connectivity index (χ2v) is 7.29. The molecule has 2 saturated heterocycles. The number of piperazine rings is 1. The molecule has 1 amide bonds. The van der Waals surface area contributed by atoms with Gasteiger partial charge in [0.1, 0.15) is 0 Å². The van der Waals surface area contributed by atoms with Gasteiger partial charge >= 0.3 is 0 Å². The second kappa shape index (κ2) is 5.64. The minimum atomic E-state index is 0.161. The molecule has 1 aliphatic carbocycles. The first-order valence-corrected chi connectivity index (χ1v) is 8.36. The molecule has 0 aromatic carbocycles. The Hall–Kier alpha value is -0.610. The summed E-state index contributed by atoms with van der Waals surface area (Å²) in [4.78, 5) is 17.7. The van der Waals surface area contributed by atoms with Crippen molar-refractivity contribution < 1.29 is 4.79 Å². The Bertz CT molecular complexity index is 373. The zero-order valence-electron chi connectivity index (χ0n) is 12.9. The van der Waals surface area contributed by atoms with Crippen LogP contribution < -0.4 is 5.73 Å². The van der Waals surface area contributed by atoms with E-state index < -0.39 is 0 Å². The lowest BCUT2D eigenvalue weighted by Gasteiger charge is -2.45. The SMILES string of the molecule is CC1CCC(N)CC1C(=O)N1CC2CCCN2CC1C. The van der Waals surface area contributed by atoms with Gasteiger partial charge in [0.15, 0.2) is 0 Å². The van der Waals surface area contributed by atoms with Gasteiger partial charge in [-0.05, 0) is 51.5 Å². The molecule has 5 unspecified atom stereocenters. The minimum Gasteiger partial charge on any atom is -0.337 e. The third kappa shape index (κ3) is 2.60. The van der Waals surface area contributed by atoms with Crippen LogP contribution in [0.5, 0.6) is 0 Å². The third-order valence-electron chi connectivity index (χ3n) is 5.77. The summed E-state index contributed by atoms with van der Waals surface area (Å²) in [5.74, 6) is 1.04. The Balaban J connectivity index is 1.69. The molecule has 1 saturated carbocycles. The summed E-state index contributed by atoms with van der Waals surface area (Å²) < 4.78 is 0. The highest BCUT2D eigenvalue weighted by Gasteiger charge is 2.40. The molecule has 2 N–H and O–H groups in total. The first-order chi connectivity index (χ1) is 9.56. The molecule has 0 aromatic heterocycles. The number of carbonyl (C=O) groups excluding carboxylic acids is 1. The van der Waals surface area contributed by atoms with Crippen molar-refractivity contribution in [3.63, 3.8) is 0 Å². The number of rotatable bonds is 1. The maximum absolute atomic E-state index is 13.0. The molecule has 2 aliphatic heterocycles. The summed E-state index contributed by atoms with van der Waals surface area (Å²) >= 11 is 0. The summed E-state index contributed by atoms with van der Waals surface area (Å²) in [5, 5.41) is 0. The van der Waals surface area contributed by atoms with Gasteiger partial charge in [-0.25, -0.2) is 0 Å². The number of amides is 1. The highest BCUT2D eigenvalue weighted by molar-refractivity contribution is 5.80. The number of nitrogens with two attached hydrogens (primary N) is 1. The van der Waals surface area contributed by atoms with Gasteiger partial charge in [0.2, 0.25) is 5.91 Å². The van der Waals surface area contributed by atoms with Crippen LogP contribution >= 0.6 is 0 Å². The standard InChI is InChI=1S/C16H29N3O/c1-11-5-6-13(17)8-15(11)16(20)19-10-14-4-3-7-18(14)9-12(19)2/h11-15H,3-10,17H2,1-2H3. The zero-order valence-corrected chi connectivity index (χ0v) is 12.9. The van der Waals surface area contributed by atoms with Crippen LogP contribution in [0.25, 0.3) is 0 Å². The van der Waals surface area contributed by atoms with E-state index in [0.717, 1.165) is 32.4 Å². The molecule has 4 nitrogen and oxygen atoms in total. The average Bonchev–Trinajstić information content (AvgIpc) is 2.87. The van der Waals surface area contributed by atoms with Crippen molar-refractivity contribution in [2.45, 2.75) is 64.1 Å². The molecular weight excluding hydrogens is 250 g/mol. The van der Waals surface area contributed by atoms with Crippen LogP contribution in [0.3, 0.4) is 0 Å². The van der Waals surface area contributed by atoms with E-state index in [9.17, 15) is 4.79 Å². The number of fused-ring (bicyclic) bond motifs is 1. The molecule has 4 heteroatoms. The van der Waals surface area contributed by atoms with Gasteiger partial charge in [0, 0.05) is 37.1 Å². The van der Waals surface area contributed by atoms with Crippen LogP contribution in [0.2, 0.25) is 0 Å². The van der Waals surface area contributed by atoms with Gasteiger partial charge in [-0.15, -0.1) is 0 Å². The summed E-state index contributed by atoms with van der Waals surface area (Å²) in [6, 6.07) is 1.20. The van der Waals surface area contributed by atoms with Gasteiger partial charge < -0.3 is 10.6 Å². The van der Waals surface area contributed by atoms with Crippen molar-refractivity contribution in [1.29, 1.82) is 0 Å². The smallest absolute Gasteiger partial charge is 0.226 e. The van der Waals surface area contributed by atoms with Crippen LogP contribution in [0, 0.1) is 11.8 Å². The number of nitrogens with zero attached hydrogens (tertiary/aromatic N) is 2. The summed E-state index contributed by atoms with van der Waals surface area (Å²) in [5.41, 5.74) is 6.10. The Morgan fingerprint density at radius 3 is 2.75 bits per heavy atom. The molecule has 5 atom stereocenters. The Kier molecular flexibility index (Phi) is 4.04. The number of carbonyl (C=O) groups is 1. The molecule has 3 rings (SSSR count). The lowest BCUT2D eigenvalue weighted by atomic mass is 9.77. The molecule has 3 fully saturated rings. The van der Waals surface area contributed by atoms with Crippen molar-refractivity contribution >= 4 is 5.91 Å². The molecule has 0 aromatic rings. The maximum Gasteiger partial charge on any atom is 0.226 e. The largest absolute Gasteiger partial charge is 0.337 e. The van der Waals surface area contributed by atoms with E-state index in [0.29, 0.717) is 23.9 Å². The summed E-state index contributed by atoms with van der Waals surface area (Å²) in [6.07, 6.45) is 5.63. The summed E-state index contributed by atoms with van der Waals surface area (Å²) in [6.45, 7) is 7.66. The molecule has 0 spiro atoms. The van der Waals surface area contributed by atoms with E-state index in [-0.39, 0.29) is 12.0 Å². The fourth-order valence-electron chi connectivity index (χ4n) is 4.41. The molecule has 2 heterocycles. The van der Waals surface area contributed by atoms with E-state index in [1.54, 1.807) is 0 Å². The lowest BCUT2D eigenvalue weighted by molar-refractivity contribution is -0.144. The quantitative estimate of drug-likeness (QED) is 0.790. The fourth-order valence-corrected chi connectivity index (χ4v) is 4.41. The molecular formula is C16H29N3O.